The molecule has 1 heterocycles. The van der Waals surface area contributed by atoms with Crippen molar-refractivity contribution in [1.29, 1.82) is 0 Å². The van der Waals surface area contributed by atoms with Crippen LogP contribution in [0.3, 0.4) is 0 Å². The van der Waals surface area contributed by atoms with E-state index in [4.69, 9.17) is 4.74 Å². The van der Waals surface area contributed by atoms with Crippen molar-refractivity contribution in [1.82, 2.24) is 0 Å². The van der Waals surface area contributed by atoms with E-state index in [9.17, 15) is 14.7 Å². The maximum atomic E-state index is 11.9. The van der Waals surface area contributed by atoms with Crippen LogP contribution in [0.2, 0.25) is 0 Å². The van der Waals surface area contributed by atoms with Gasteiger partial charge in [0.05, 0.1) is 12.0 Å². The van der Waals surface area contributed by atoms with Crippen LogP contribution in [0, 0.1) is 11.8 Å². The van der Waals surface area contributed by atoms with E-state index in [1.54, 1.807) is 13.0 Å². The number of carbonyl (C=O) groups is 2. The molecule has 0 amide bonds. The van der Waals surface area contributed by atoms with Crippen LogP contribution in [-0.2, 0) is 14.3 Å². The molecule has 0 bridgehead atoms. The molecule has 0 unspecified atom stereocenters. The summed E-state index contributed by atoms with van der Waals surface area (Å²) in [5.41, 5.74) is 1.21. The highest BCUT2D eigenvalue weighted by Gasteiger charge is 2.41. The number of hydrogen-bond acceptors (Lipinski definition) is 4. The van der Waals surface area contributed by atoms with Gasteiger partial charge in [0, 0.05) is 12.3 Å². The molecule has 1 fully saturated rings. The average Bonchev–Trinajstić information content (AvgIpc) is 2.61. The highest BCUT2D eigenvalue weighted by atomic mass is 16.6. The van der Waals surface area contributed by atoms with Crippen LogP contribution in [-0.4, -0.2) is 29.1 Å². The largest absolute Gasteiger partial charge is 0.458 e. The van der Waals surface area contributed by atoms with Crippen LogP contribution in [0.4, 0.5) is 0 Å². The summed E-state index contributed by atoms with van der Waals surface area (Å²) >= 11 is 0. The minimum atomic E-state index is -0.791. The normalized spacial score (nSPS) is 39.3. The summed E-state index contributed by atoms with van der Waals surface area (Å²) in [5, 5.41) is 9.90. The first kappa shape index (κ1) is 14.0. The standard InChI is InChI=1S/C15H20O4/c1-8-4-5-11-10(3)15(18)19-14(11)6-9(2)13(17)7-12(8)16/h6,10-12,14,16H,1,4-5,7H2,2-3H3/b9-6-/t10-,11-,12+,14+/m0/s1. The van der Waals surface area contributed by atoms with E-state index in [-0.39, 0.29) is 36.1 Å². The van der Waals surface area contributed by atoms with Gasteiger partial charge in [0.15, 0.2) is 5.78 Å². The molecule has 2 rings (SSSR count). The molecule has 0 aromatic carbocycles. The Balaban J connectivity index is 2.30. The van der Waals surface area contributed by atoms with Gasteiger partial charge in [-0.3, -0.25) is 9.59 Å². The van der Waals surface area contributed by atoms with Crippen LogP contribution < -0.4 is 0 Å². The third-order valence-corrected chi connectivity index (χ3v) is 4.19. The fourth-order valence-corrected chi connectivity index (χ4v) is 2.70. The van der Waals surface area contributed by atoms with E-state index in [2.05, 4.69) is 6.58 Å². The van der Waals surface area contributed by atoms with E-state index in [0.717, 1.165) is 6.42 Å². The second kappa shape index (κ2) is 5.29. The fourth-order valence-electron chi connectivity index (χ4n) is 2.70. The predicted molar refractivity (Wildman–Crippen MR) is 70.3 cm³/mol. The molecule has 4 heteroatoms. The number of Topliss-reactive ketones (excluding diaryl/α,β-unsaturated/α-hetero) is 1. The molecule has 1 N–H and O–H groups in total. The number of aliphatic hydroxyl groups is 1. The van der Waals surface area contributed by atoms with Crippen molar-refractivity contribution in [3.8, 4) is 0 Å². The van der Waals surface area contributed by atoms with Gasteiger partial charge in [0.2, 0.25) is 0 Å². The summed E-state index contributed by atoms with van der Waals surface area (Å²) in [6.45, 7) is 7.39. The first-order valence-electron chi connectivity index (χ1n) is 6.68. The molecule has 2 aliphatic rings. The van der Waals surface area contributed by atoms with E-state index in [0.29, 0.717) is 17.6 Å². The molecular weight excluding hydrogens is 244 g/mol. The van der Waals surface area contributed by atoms with Gasteiger partial charge in [-0.1, -0.05) is 13.5 Å². The van der Waals surface area contributed by atoms with Gasteiger partial charge in [-0.05, 0) is 37.0 Å². The molecule has 4 atom stereocenters. The van der Waals surface area contributed by atoms with Gasteiger partial charge in [-0.25, -0.2) is 0 Å². The van der Waals surface area contributed by atoms with Gasteiger partial charge < -0.3 is 9.84 Å². The SMILES string of the molecule is C=C1CC[C@H]2[C@H](C)C(=O)O[C@@H]2/C=C(/C)C(=O)C[C@H]1O. The van der Waals surface area contributed by atoms with Crippen molar-refractivity contribution in [2.45, 2.75) is 45.3 Å². The van der Waals surface area contributed by atoms with Crippen molar-refractivity contribution in [3.05, 3.63) is 23.8 Å². The topological polar surface area (TPSA) is 63.6 Å². The van der Waals surface area contributed by atoms with Crippen LogP contribution in [0.25, 0.3) is 0 Å². The van der Waals surface area contributed by atoms with E-state index in [1.807, 2.05) is 6.92 Å². The predicted octanol–water partition coefficient (Wildman–Crippen LogP) is 1.78. The quantitative estimate of drug-likeness (QED) is 0.535. The lowest BCUT2D eigenvalue weighted by Crippen LogP contribution is -2.23. The molecule has 0 radical (unpaired) electrons. The zero-order chi connectivity index (χ0) is 14.2. The number of hydrogen-bond donors (Lipinski definition) is 1. The maximum absolute atomic E-state index is 11.9. The van der Waals surface area contributed by atoms with Gasteiger partial charge in [0.25, 0.3) is 0 Å². The summed E-state index contributed by atoms with van der Waals surface area (Å²) in [5.74, 6) is -0.451. The third-order valence-electron chi connectivity index (χ3n) is 4.19. The zero-order valence-electron chi connectivity index (χ0n) is 11.4. The van der Waals surface area contributed by atoms with Crippen molar-refractivity contribution in [3.63, 3.8) is 0 Å². The first-order chi connectivity index (χ1) is 8.90. The number of ether oxygens (including phenoxy) is 1. The zero-order valence-corrected chi connectivity index (χ0v) is 11.4. The van der Waals surface area contributed by atoms with Crippen molar-refractivity contribution in [2.75, 3.05) is 0 Å². The number of ketones is 1. The lowest BCUT2D eigenvalue weighted by Gasteiger charge is -2.21. The fraction of sp³-hybridized carbons (Fsp3) is 0.600. The van der Waals surface area contributed by atoms with Gasteiger partial charge in [0.1, 0.15) is 6.10 Å². The van der Waals surface area contributed by atoms with Gasteiger partial charge >= 0.3 is 5.97 Å². The minimum Gasteiger partial charge on any atom is -0.458 e. The molecule has 1 aliphatic heterocycles. The summed E-state index contributed by atoms with van der Waals surface area (Å²) in [4.78, 5) is 23.6. The van der Waals surface area contributed by atoms with E-state index in [1.165, 1.54) is 0 Å². The monoisotopic (exact) mass is 264 g/mol. The number of carbonyl (C=O) groups excluding carboxylic acids is 2. The summed E-state index contributed by atoms with van der Waals surface area (Å²) in [6.07, 6.45) is 2.03. The van der Waals surface area contributed by atoms with Crippen molar-refractivity contribution < 1.29 is 19.4 Å². The Morgan fingerprint density at radius 2 is 2.11 bits per heavy atom. The van der Waals surface area contributed by atoms with Crippen LogP contribution in [0.15, 0.2) is 23.8 Å². The highest BCUT2D eigenvalue weighted by Crippen LogP contribution is 2.35. The molecular formula is C15H20O4. The highest BCUT2D eigenvalue weighted by molar-refractivity contribution is 5.95. The first-order valence-corrected chi connectivity index (χ1v) is 6.68. The lowest BCUT2D eigenvalue weighted by molar-refractivity contribution is -0.142. The Hall–Kier alpha value is -1.42. The van der Waals surface area contributed by atoms with Crippen molar-refractivity contribution >= 4 is 11.8 Å². The maximum Gasteiger partial charge on any atom is 0.309 e. The molecule has 0 aromatic heterocycles. The van der Waals surface area contributed by atoms with Gasteiger partial charge in [-0.2, -0.15) is 0 Å². The lowest BCUT2D eigenvalue weighted by atomic mass is 9.83. The number of esters is 1. The Kier molecular flexibility index (Phi) is 3.90. The van der Waals surface area contributed by atoms with Crippen LogP contribution >= 0.6 is 0 Å². The number of rotatable bonds is 0. The number of aliphatic hydroxyl groups excluding tert-OH is 1. The molecule has 104 valence electrons. The summed E-state index contributed by atoms with van der Waals surface area (Å²) < 4.78 is 5.33. The van der Waals surface area contributed by atoms with Crippen LogP contribution in [0.1, 0.15) is 33.1 Å². The Labute approximate surface area is 113 Å². The summed E-state index contributed by atoms with van der Waals surface area (Å²) in [7, 11) is 0. The van der Waals surface area contributed by atoms with E-state index < -0.39 is 6.10 Å². The Bertz CT molecular complexity index is 449. The van der Waals surface area contributed by atoms with E-state index >= 15 is 0 Å². The molecule has 0 saturated carbocycles. The summed E-state index contributed by atoms with van der Waals surface area (Å²) in [6, 6.07) is 0. The van der Waals surface area contributed by atoms with Gasteiger partial charge in [-0.15, -0.1) is 0 Å². The molecule has 1 aliphatic carbocycles. The Morgan fingerprint density at radius 1 is 1.42 bits per heavy atom. The number of fused-ring (bicyclic) bond motifs is 1. The average molecular weight is 264 g/mol. The minimum absolute atomic E-state index is 0.0531. The molecule has 1 saturated heterocycles. The molecule has 4 nitrogen and oxygen atoms in total. The smallest absolute Gasteiger partial charge is 0.309 e. The second-order valence-corrected chi connectivity index (χ2v) is 5.54. The third kappa shape index (κ3) is 2.78. The Morgan fingerprint density at radius 3 is 2.79 bits per heavy atom. The number of allylic oxidation sites excluding steroid dienone is 1. The molecule has 0 aromatic rings. The molecule has 0 spiro atoms. The second-order valence-electron chi connectivity index (χ2n) is 5.54. The van der Waals surface area contributed by atoms with Crippen molar-refractivity contribution in [2.24, 2.45) is 11.8 Å². The molecule has 19 heavy (non-hydrogen) atoms. The van der Waals surface area contributed by atoms with Crippen LogP contribution in [0.5, 0.6) is 0 Å².